The van der Waals surface area contributed by atoms with Crippen LogP contribution in [0.4, 0.5) is 10.5 Å². The minimum absolute atomic E-state index is 0.238. The molecule has 1 saturated heterocycles. The molecule has 0 saturated carbocycles. The maximum Gasteiger partial charge on any atom is 0.321 e. The number of hydrogen-bond donors (Lipinski definition) is 2. The van der Waals surface area contributed by atoms with Crippen LogP contribution in [0.25, 0.3) is 0 Å². The summed E-state index contributed by atoms with van der Waals surface area (Å²) >= 11 is 0. The number of aliphatic hydroxyl groups is 1. The van der Waals surface area contributed by atoms with Crippen LogP contribution in [0.5, 0.6) is 0 Å². The summed E-state index contributed by atoms with van der Waals surface area (Å²) in [5.41, 5.74) is 1.95. The number of carbonyl (C=O) groups is 2. The molecular formula is C13H16N2O3. The van der Waals surface area contributed by atoms with Gasteiger partial charge < -0.3 is 15.3 Å². The molecule has 1 aliphatic rings. The molecule has 0 bridgehead atoms. The molecule has 0 spiro atoms. The molecule has 0 aliphatic carbocycles. The Bertz CT molecular complexity index is 473. The zero-order chi connectivity index (χ0) is 13.1. The first kappa shape index (κ1) is 12.6. The van der Waals surface area contributed by atoms with Gasteiger partial charge >= 0.3 is 6.03 Å². The van der Waals surface area contributed by atoms with Crippen LogP contribution in [-0.4, -0.2) is 41.5 Å². The number of anilines is 1. The van der Waals surface area contributed by atoms with Gasteiger partial charge in [-0.2, -0.15) is 0 Å². The Morgan fingerprint density at radius 3 is 2.94 bits per heavy atom. The second kappa shape index (κ2) is 5.18. The lowest BCUT2D eigenvalue weighted by Gasteiger charge is -2.17. The number of hydrogen-bond acceptors (Lipinski definition) is 3. The average molecular weight is 248 g/mol. The van der Waals surface area contributed by atoms with E-state index in [1.54, 1.807) is 30.0 Å². The predicted octanol–water partition coefficient (Wildman–Crippen LogP) is 1.41. The molecular weight excluding hydrogens is 232 g/mol. The number of rotatable bonds is 2. The lowest BCUT2D eigenvalue weighted by molar-refractivity contribution is 0.112. The molecule has 1 aliphatic heterocycles. The normalized spacial score (nSPS) is 18.8. The molecule has 1 aromatic carbocycles. The number of benzene rings is 1. The number of β-amino-alcohol motifs (C(OH)–C–C–N with tert-alkyl or cyclic N) is 1. The van der Waals surface area contributed by atoms with E-state index in [1.807, 2.05) is 0 Å². The maximum absolute atomic E-state index is 11.9. The number of carbonyl (C=O) groups excluding carboxylic acids is 2. The van der Waals surface area contributed by atoms with Gasteiger partial charge in [-0.1, -0.05) is 12.1 Å². The van der Waals surface area contributed by atoms with Gasteiger partial charge in [-0.15, -0.1) is 0 Å². The molecule has 1 fully saturated rings. The van der Waals surface area contributed by atoms with E-state index in [2.05, 4.69) is 5.32 Å². The fourth-order valence-electron chi connectivity index (χ4n) is 2.04. The Hall–Kier alpha value is -1.88. The minimum Gasteiger partial charge on any atom is -0.391 e. The average Bonchev–Trinajstić information content (AvgIpc) is 2.78. The van der Waals surface area contributed by atoms with Crippen molar-refractivity contribution in [2.45, 2.75) is 19.4 Å². The van der Waals surface area contributed by atoms with Gasteiger partial charge in [0.25, 0.3) is 0 Å². The highest BCUT2D eigenvalue weighted by atomic mass is 16.3. The number of likely N-dealkylation sites (tertiary alicyclic amines) is 1. The molecule has 5 heteroatoms. The topological polar surface area (TPSA) is 69.6 Å². The first-order valence-electron chi connectivity index (χ1n) is 5.90. The fourth-order valence-corrected chi connectivity index (χ4v) is 2.04. The maximum atomic E-state index is 11.9. The van der Waals surface area contributed by atoms with Gasteiger partial charge in [0, 0.05) is 24.3 Å². The largest absolute Gasteiger partial charge is 0.391 e. The molecule has 1 atom stereocenters. The van der Waals surface area contributed by atoms with E-state index in [1.165, 1.54) is 0 Å². The summed E-state index contributed by atoms with van der Waals surface area (Å²) in [6.07, 6.45) is 0.948. The zero-order valence-corrected chi connectivity index (χ0v) is 10.2. The lowest BCUT2D eigenvalue weighted by atomic mass is 10.1. The van der Waals surface area contributed by atoms with Crippen molar-refractivity contribution in [1.29, 1.82) is 0 Å². The van der Waals surface area contributed by atoms with Gasteiger partial charge in [-0.05, 0) is 25.0 Å². The van der Waals surface area contributed by atoms with Crippen molar-refractivity contribution in [3.05, 3.63) is 29.3 Å². The summed E-state index contributed by atoms with van der Waals surface area (Å²) < 4.78 is 0. The number of nitrogens with zero attached hydrogens (tertiary/aromatic N) is 1. The molecule has 18 heavy (non-hydrogen) atoms. The van der Waals surface area contributed by atoms with Crippen LogP contribution in [0.3, 0.4) is 0 Å². The molecule has 0 radical (unpaired) electrons. The van der Waals surface area contributed by atoms with E-state index in [4.69, 9.17) is 0 Å². The summed E-state index contributed by atoms with van der Waals surface area (Å²) in [5.74, 6) is 0. The third-order valence-corrected chi connectivity index (χ3v) is 3.19. The van der Waals surface area contributed by atoms with E-state index < -0.39 is 6.10 Å². The SMILES string of the molecule is Cc1c(C=O)cccc1NC(=O)N1CCC(O)C1. The van der Waals surface area contributed by atoms with Crippen molar-refractivity contribution in [2.75, 3.05) is 18.4 Å². The van der Waals surface area contributed by atoms with E-state index in [0.29, 0.717) is 30.8 Å². The molecule has 2 N–H and O–H groups in total. The molecule has 5 nitrogen and oxygen atoms in total. The zero-order valence-electron chi connectivity index (χ0n) is 10.2. The van der Waals surface area contributed by atoms with Crippen LogP contribution in [0, 0.1) is 6.92 Å². The monoisotopic (exact) mass is 248 g/mol. The van der Waals surface area contributed by atoms with Crippen LogP contribution in [0.1, 0.15) is 22.3 Å². The predicted molar refractivity (Wildman–Crippen MR) is 67.8 cm³/mol. The summed E-state index contributed by atoms with van der Waals surface area (Å²) in [6.45, 7) is 2.70. The van der Waals surface area contributed by atoms with Crippen molar-refractivity contribution in [2.24, 2.45) is 0 Å². The fraction of sp³-hybridized carbons (Fsp3) is 0.385. The minimum atomic E-state index is -0.432. The summed E-state index contributed by atoms with van der Waals surface area (Å²) in [6, 6.07) is 4.95. The number of amides is 2. The van der Waals surface area contributed by atoms with Crippen molar-refractivity contribution in [3.8, 4) is 0 Å². The van der Waals surface area contributed by atoms with Gasteiger partial charge in [0.2, 0.25) is 0 Å². The Kier molecular flexibility index (Phi) is 3.62. The van der Waals surface area contributed by atoms with E-state index in [9.17, 15) is 14.7 Å². The quantitative estimate of drug-likeness (QED) is 0.777. The smallest absolute Gasteiger partial charge is 0.321 e. The number of urea groups is 1. The van der Waals surface area contributed by atoms with Crippen LogP contribution in [-0.2, 0) is 0 Å². The number of nitrogens with one attached hydrogen (secondary N) is 1. The summed E-state index contributed by atoms with van der Waals surface area (Å²) in [4.78, 5) is 24.3. The van der Waals surface area contributed by atoms with Gasteiger partial charge in [0.05, 0.1) is 6.10 Å². The standard InChI is InChI=1S/C13H16N2O3/c1-9-10(8-16)3-2-4-12(9)14-13(18)15-6-5-11(17)7-15/h2-4,8,11,17H,5-7H2,1H3,(H,14,18). The van der Waals surface area contributed by atoms with Gasteiger partial charge in [0.15, 0.2) is 0 Å². The van der Waals surface area contributed by atoms with Gasteiger partial charge in [0.1, 0.15) is 6.29 Å². The summed E-state index contributed by atoms with van der Waals surface area (Å²) in [7, 11) is 0. The van der Waals surface area contributed by atoms with Crippen molar-refractivity contribution in [1.82, 2.24) is 4.90 Å². The number of aliphatic hydroxyl groups excluding tert-OH is 1. The Morgan fingerprint density at radius 2 is 2.33 bits per heavy atom. The Labute approximate surface area is 105 Å². The second-order valence-corrected chi connectivity index (χ2v) is 4.46. The van der Waals surface area contributed by atoms with Crippen LogP contribution in [0.15, 0.2) is 18.2 Å². The summed E-state index contributed by atoms with van der Waals surface area (Å²) in [5, 5.41) is 12.1. The van der Waals surface area contributed by atoms with Crippen LogP contribution in [0.2, 0.25) is 0 Å². The highest BCUT2D eigenvalue weighted by molar-refractivity contribution is 5.92. The Morgan fingerprint density at radius 1 is 1.56 bits per heavy atom. The van der Waals surface area contributed by atoms with Crippen molar-refractivity contribution >= 4 is 18.0 Å². The molecule has 96 valence electrons. The van der Waals surface area contributed by atoms with Gasteiger partial charge in [-0.25, -0.2) is 4.79 Å². The van der Waals surface area contributed by atoms with E-state index in [0.717, 1.165) is 11.8 Å². The van der Waals surface area contributed by atoms with Crippen LogP contribution >= 0.6 is 0 Å². The molecule has 1 unspecified atom stereocenters. The van der Waals surface area contributed by atoms with E-state index >= 15 is 0 Å². The van der Waals surface area contributed by atoms with Crippen molar-refractivity contribution in [3.63, 3.8) is 0 Å². The molecule has 1 heterocycles. The van der Waals surface area contributed by atoms with Crippen LogP contribution < -0.4 is 5.32 Å². The van der Waals surface area contributed by atoms with Crippen molar-refractivity contribution < 1.29 is 14.7 Å². The third kappa shape index (κ3) is 2.51. The second-order valence-electron chi connectivity index (χ2n) is 4.46. The Balaban J connectivity index is 2.09. The first-order valence-corrected chi connectivity index (χ1v) is 5.90. The highest BCUT2D eigenvalue weighted by Crippen LogP contribution is 2.19. The van der Waals surface area contributed by atoms with E-state index in [-0.39, 0.29) is 6.03 Å². The molecule has 1 aromatic rings. The van der Waals surface area contributed by atoms with Gasteiger partial charge in [-0.3, -0.25) is 4.79 Å². The highest BCUT2D eigenvalue weighted by Gasteiger charge is 2.24. The first-order chi connectivity index (χ1) is 8.61. The molecule has 0 aromatic heterocycles. The molecule has 2 rings (SSSR count). The number of aldehydes is 1. The third-order valence-electron chi connectivity index (χ3n) is 3.19. The lowest BCUT2D eigenvalue weighted by Crippen LogP contribution is -2.33. The molecule has 2 amide bonds.